The first kappa shape index (κ1) is 14.2. The quantitative estimate of drug-likeness (QED) is 0.628. The minimum Gasteiger partial charge on any atom is -0.469 e. The summed E-state index contributed by atoms with van der Waals surface area (Å²) >= 11 is 3.54. The molecule has 3 heteroatoms. The van der Waals surface area contributed by atoms with Crippen LogP contribution >= 0.6 is 15.9 Å². The lowest BCUT2D eigenvalue weighted by Crippen LogP contribution is -2.13. The predicted octanol–water partition coefficient (Wildman–Crippen LogP) is 3.48. The molecule has 0 radical (unpaired) electrons. The lowest BCUT2D eigenvalue weighted by Gasteiger charge is -2.14. The Kier molecular flexibility index (Phi) is 5.19. The third kappa shape index (κ3) is 4.15. The number of benzene rings is 1. The van der Waals surface area contributed by atoms with Gasteiger partial charge in [0.25, 0.3) is 0 Å². The van der Waals surface area contributed by atoms with Crippen molar-refractivity contribution in [1.29, 1.82) is 0 Å². The number of rotatable bonds is 4. The fourth-order valence-corrected chi connectivity index (χ4v) is 2.68. The average molecular weight is 299 g/mol. The number of ether oxygens (including phenoxy) is 1. The summed E-state index contributed by atoms with van der Waals surface area (Å²) in [6.07, 6.45) is 1.26. The number of aryl methyl sites for hydroxylation is 3. The van der Waals surface area contributed by atoms with Gasteiger partial charge >= 0.3 is 5.97 Å². The summed E-state index contributed by atoms with van der Waals surface area (Å²) in [6.45, 7) is 6.34. The number of hydrogen-bond donors (Lipinski definition) is 0. The van der Waals surface area contributed by atoms with E-state index in [0.717, 1.165) is 6.42 Å². The third-order valence-corrected chi connectivity index (χ3v) is 3.53. The molecule has 0 aliphatic carbocycles. The van der Waals surface area contributed by atoms with Crippen molar-refractivity contribution in [3.63, 3.8) is 0 Å². The number of carbonyl (C=O) groups excluding carboxylic acids is 1. The highest BCUT2D eigenvalue weighted by atomic mass is 79.9. The van der Waals surface area contributed by atoms with E-state index in [1.54, 1.807) is 0 Å². The van der Waals surface area contributed by atoms with Crippen molar-refractivity contribution in [2.45, 2.75) is 38.4 Å². The van der Waals surface area contributed by atoms with Crippen molar-refractivity contribution in [3.05, 3.63) is 34.4 Å². The molecule has 0 fully saturated rings. The van der Waals surface area contributed by atoms with Crippen LogP contribution in [0, 0.1) is 20.8 Å². The number of hydrogen-bond acceptors (Lipinski definition) is 2. The van der Waals surface area contributed by atoms with Gasteiger partial charge in [-0.15, -0.1) is 0 Å². The normalized spacial score (nSPS) is 12.3. The van der Waals surface area contributed by atoms with Crippen LogP contribution in [-0.2, 0) is 16.0 Å². The number of esters is 1. The van der Waals surface area contributed by atoms with E-state index in [0.29, 0.717) is 6.42 Å². The van der Waals surface area contributed by atoms with Gasteiger partial charge in [-0.1, -0.05) is 33.6 Å². The van der Waals surface area contributed by atoms with Gasteiger partial charge in [0.1, 0.15) is 0 Å². The van der Waals surface area contributed by atoms with Crippen molar-refractivity contribution < 1.29 is 9.53 Å². The Morgan fingerprint density at radius 3 is 2.29 bits per heavy atom. The van der Waals surface area contributed by atoms with Crippen LogP contribution < -0.4 is 0 Å². The maximum Gasteiger partial charge on any atom is 0.306 e. The first-order valence-corrected chi connectivity index (χ1v) is 6.63. The molecule has 94 valence electrons. The van der Waals surface area contributed by atoms with E-state index in [2.05, 4.69) is 53.6 Å². The fourth-order valence-electron chi connectivity index (χ4n) is 2.09. The monoisotopic (exact) mass is 298 g/mol. The highest BCUT2D eigenvalue weighted by molar-refractivity contribution is 9.09. The zero-order valence-corrected chi connectivity index (χ0v) is 12.4. The molecular weight excluding hydrogens is 280 g/mol. The summed E-state index contributed by atoms with van der Waals surface area (Å²) in [5, 5.41) is 0. The maximum absolute atomic E-state index is 11.2. The molecule has 1 atom stereocenters. The second-order valence-corrected chi connectivity index (χ2v) is 5.75. The number of carbonyl (C=O) groups is 1. The van der Waals surface area contributed by atoms with E-state index in [-0.39, 0.29) is 10.8 Å². The van der Waals surface area contributed by atoms with Crippen LogP contribution in [0.15, 0.2) is 12.1 Å². The van der Waals surface area contributed by atoms with E-state index in [1.165, 1.54) is 29.4 Å². The average Bonchev–Trinajstić information content (AvgIpc) is 2.23. The summed E-state index contributed by atoms with van der Waals surface area (Å²) in [4.78, 5) is 11.3. The Bertz CT molecular complexity index is 390. The van der Waals surface area contributed by atoms with Crippen LogP contribution in [0.25, 0.3) is 0 Å². The van der Waals surface area contributed by atoms with Crippen LogP contribution in [0.1, 0.15) is 28.7 Å². The molecule has 17 heavy (non-hydrogen) atoms. The Labute approximate surface area is 111 Å². The Hall–Kier alpha value is -0.830. The van der Waals surface area contributed by atoms with Crippen molar-refractivity contribution in [2.75, 3.05) is 7.11 Å². The van der Waals surface area contributed by atoms with Crippen LogP contribution in [-0.4, -0.2) is 17.9 Å². The van der Waals surface area contributed by atoms with E-state index in [9.17, 15) is 4.79 Å². The van der Waals surface area contributed by atoms with E-state index in [4.69, 9.17) is 0 Å². The summed E-state index contributed by atoms with van der Waals surface area (Å²) in [7, 11) is 1.42. The highest BCUT2D eigenvalue weighted by Gasteiger charge is 2.14. The molecule has 0 heterocycles. The smallest absolute Gasteiger partial charge is 0.306 e. The summed E-state index contributed by atoms with van der Waals surface area (Å²) in [5.74, 6) is -0.172. The molecule has 0 bridgehead atoms. The minimum atomic E-state index is -0.172. The van der Waals surface area contributed by atoms with E-state index >= 15 is 0 Å². The number of methoxy groups -OCH3 is 1. The Balaban J connectivity index is 2.78. The number of alkyl halides is 1. The second-order valence-electron chi connectivity index (χ2n) is 4.46. The topological polar surface area (TPSA) is 26.3 Å². The summed E-state index contributed by atoms with van der Waals surface area (Å²) < 4.78 is 4.67. The highest BCUT2D eigenvalue weighted by Crippen LogP contribution is 2.21. The van der Waals surface area contributed by atoms with Gasteiger partial charge in [-0.3, -0.25) is 4.79 Å². The van der Waals surface area contributed by atoms with Crippen LogP contribution in [0.4, 0.5) is 0 Å². The molecule has 0 saturated heterocycles. The van der Waals surface area contributed by atoms with Gasteiger partial charge in [0.15, 0.2) is 0 Å². The second kappa shape index (κ2) is 6.20. The lowest BCUT2D eigenvalue weighted by atomic mass is 9.95. The van der Waals surface area contributed by atoms with Crippen molar-refractivity contribution in [2.24, 2.45) is 0 Å². The van der Waals surface area contributed by atoms with Crippen molar-refractivity contribution >= 4 is 21.9 Å². The van der Waals surface area contributed by atoms with Crippen molar-refractivity contribution in [1.82, 2.24) is 0 Å². The van der Waals surface area contributed by atoms with Gasteiger partial charge < -0.3 is 4.74 Å². The van der Waals surface area contributed by atoms with Gasteiger partial charge in [0.05, 0.1) is 13.5 Å². The van der Waals surface area contributed by atoms with Crippen LogP contribution in [0.3, 0.4) is 0 Å². The zero-order valence-electron chi connectivity index (χ0n) is 10.8. The largest absolute Gasteiger partial charge is 0.469 e. The van der Waals surface area contributed by atoms with Crippen molar-refractivity contribution in [3.8, 4) is 0 Å². The fraction of sp³-hybridized carbons (Fsp3) is 0.500. The molecule has 0 N–H and O–H groups in total. The van der Waals surface area contributed by atoms with Gasteiger partial charge in [-0.05, 0) is 43.9 Å². The van der Waals surface area contributed by atoms with Gasteiger partial charge in [0, 0.05) is 4.83 Å². The lowest BCUT2D eigenvalue weighted by molar-refractivity contribution is -0.140. The summed E-state index contributed by atoms with van der Waals surface area (Å²) in [5.41, 5.74) is 5.18. The molecule has 0 aliphatic heterocycles. The molecule has 0 saturated carbocycles. The maximum atomic E-state index is 11.2. The van der Waals surface area contributed by atoms with Gasteiger partial charge in [-0.25, -0.2) is 0 Å². The number of halogens is 1. The minimum absolute atomic E-state index is 0.134. The molecule has 0 amide bonds. The van der Waals surface area contributed by atoms with E-state index < -0.39 is 0 Å². The third-order valence-electron chi connectivity index (χ3n) is 2.88. The molecule has 0 aromatic heterocycles. The zero-order chi connectivity index (χ0) is 13.0. The molecule has 0 aliphatic rings. The SMILES string of the molecule is COC(=O)CC(Br)Cc1c(C)cc(C)cc1C. The summed E-state index contributed by atoms with van der Waals surface area (Å²) in [6, 6.07) is 4.36. The molecule has 1 rings (SSSR count). The molecule has 1 aromatic rings. The molecule has 0 spiro atoms. The predicted molar refractivity (Wildman–Crippen MR) is 73.7 cm³/mol. The molecular formula is C14H19BrO2. The van der Waals surface area contributed by atoms with Crippen LogP contribution in [0.2, 0.25) is 0 Å². The Morgan fingerprint density at radius 2 is 1.82 bits per heavy atom. The molecule has 2 nitrogen and oxygen atoms in total. The molecule has 1 aromatic carbocycles. The molecule has 1 unspecified atom stereocenters. The first-order valence-electron chi connectivity index (χ1n) is 5.71. The van der Waals surface area contributed by atoms with Crippen LogP contribution in [0.5, 0.6) is 0 Å². The van der Waals surface area contributed by atoms with Gasteiger partial charge in [-0.2, -0.15) is 0 Å². The standard InChI is InChI=1S/C14H19BrO2/c1-9-5-10(2)13(11(3)6-9)7-12(15)8-14(16)17-4/h5-6,12H,7-8H2,1-4H3. The van der Waals surface area contributed by atoms with Gasteiger partial charge in [0.2, 0.25) is 0 Å². The first-order chi connectivity index (χ1) is 7.93. The van der Waals surface area contributed by atoms with E-state index in [1.807, 2.05) is 0 Å². The Morgan fingerprint density at radius 1 is 1.29 bits per heavy atom.